The average Bonchev–Trinajstić information content (AvgIpc) is 2.08. The van der Waals surface area contributed by atoms with Crippen molar-refractivity contribution in [1.29, 1.82) is 5.26 Å². The molecule has 1 heterocycles. The second-order valence-electron chi connectivity index (χ2n) is 2.42. The molecule has 5 heteroatoms. The molecule has 0 saturated carbocycles. The van der Waals surface area contributed by atoms with Gasteiger partial charge in [0, 0.05) is 5.69 Å². The predicted octanol–water partition coefficient (Wildman–Crippen LogP) is 2.96. The maximum atomic E-state index is 12.3. The summed E-state index contributed by atoms with van der Waals surface area (Å²) >= 11 is 2.91. The first-order valence-electron chi connectivity index (χ1n) is 3.41. The second-order valence-corrected chi connectivity index (χ2v) is 3.22. The zero-order valence-corrected chi connectivity index (χ0v) is 8.27. The first-order chi connectivity index (χ1) is 6.06. The van der Waals surface area contributed by atoms with Gasteiger partial charge in [0.2, 0.25) is 0 Å². The predicted molar refractivity (Wildman–Crippen MR) is 46.3 cm³/mol. The smallest absolute Gasteiger partial charge is 0.251 e. The Balaban J connectivity index is 3.38. The lowest BCUT2D eigenvalue weighted by atomic mass is 10.2. The van der Waals surface area contributed by atoms with Gasteiger partial charge in [0.1, 0.15) is 11.8 Å². The molecule has 0 N–H and O–H groups in total. The number of hydrogen-bond acceptors (Lipinski definition) is 2. The van der Waals surface area contributed by atoms with E-state index in [1.807, 2.05) is 6.07 Å². The normalized spacial score (nSPS) is 10.2. The van der Waals surface area contributed by atoms with Crippen molar-refractivity contribution < 1.29 is 8.78 Å². The zero-order valence-electron chi connectivity index (χ0n) is 6.68. The molecule has 0 saturated heterocycles. The zero-order chi connectivity index (χ0) is 10.0. The number of nitriles is 1. The third-order valence-corrected chi connectivity index (χ3v) is 2.27. The molecule has 2 nitrogen and oxygen atoms in total. The van der Waals surface area contributed by atoms with Crippen molar-refractivity contribution in [3.8, 4) is 6.07 Å². The number of hydrogen-bond donors (Lipinski definition) is 0. The number of aromatic nitrogens is 1. The van der Waals surface area contributed by atoms with Crippen LogP contribution < -0.4 is 0 Å². The number of nitrogens with zero attached hydrogens (tertiary/aromatic N) is 2. The van der Waals surface area contributed by atoms with Gasteiger partial charge in [0.05, 0.1) is 10.0 Å². The van der Waals surface area contributed by atoms with Crippen LogP contribution in [0.1, 0.15) is 23.4 Å². The van der Waals surface area contributed by atoms with Gasteiger partial charge in [-0.05, 0) is 28.9 Å². The molecule has 0 spiro atoms. The molecular formula is C8H5BrF2N2. The molecular weight excluding hydrogens is 242 g/mol. The Morgan fingerprint density at radius 3 is 2.69 bits per heavy atom. The highest BCUT2D eigenvalue weighted by Gasteiger charge is 2.16. The molecule has 13 heavy (non-hydrogen) atoms. The molecule has 0 bridgehead atoms. The van der Waals surface area contributed by atoms with Crippen molar-refractivity contribution in [3.63, 3.8) is 0 Å². The molecule has 0 aliphatic heterocycles. The lowest BCUT2D eigenvalue weighted by Crippen LogP contribution is -1.97. The van der Waals surface area contributed by atoms with E-state index in [1.54, 1.807) is 6.92 Å². The quantitative estimate of drug-likeness (QED) is 0.764. The molecule has 0 aromatic carbocycles. The molecule has 1 aromatic rings. The number of rotatable bonds is 1. The summed E-state index contributed by atoms with van der Waals surface area (Å²) in [5.41, 5.74) is 0.217. The van der Waals surface area contributed by atoms with Crippen molar-refractivity contribution in [2.45, 2.75) is 13.3 Å². The van der Waals surface area contributed by atoms with Crippen LogP contribution in [0.25, 0.3) is 0 Å². The Bertz CT molecular complexity index is 371. The van der Waals surface area contributed by atoms with E-state index in [4.69, 9.17) is 5.26 Å². The molecule has 0 aliphatic carbocycles. The first kappa shape index (κ1) is 10.1. The van der Waals surface area contributed by atoms with Gasteiger partial charge in [0.25, 0.3) is 6.43 Å². The van der Waals surface area contributed by atoms with Crippen LogP contribution in [0, 0.1) is 18.3 Å². The van der Waals surface area contributed by atoms with Crippen LogP contribution >= 0.6 is 15.9 Å². The van der Waals surface area contributed by atoms with Crippen LogP contribution in [-0.4, -0.2) is 4.98 Å². The standard InChI is InChI=1S/C8H5BrF2N2/c1-4-2-5(3-12)6(9)7(13-4)8(10)11/h2,8H,1H3. The Morgan fingerprint density at radius 2 is 2.23 bits per heavy atom. The Kier molecular flexibility index (Phi) is 2.94. The highest BCUT2D eigenvalue weighted by atomic mass is 79.9. The highest BCUT2D eigenvalue weighted by Crippen LogP contribution is 2.28. The van der Waals surface area contributed by atoms with Crippen molar-refractivity contribution in [2.24, 2.45) is 0 Å². The summed E-state index contributed by atoms with van der Waals surface area (Å²) in [5, 5.41) is 8.60. The molecule has 0 radical (unpaired) electrons. The van der Waals surface area contributed by atoms with Gasteiger partial charge >= 0.3 is 0 Å². The molecule has 0 fully saturated rings. The fourth-order valence-electron chi connectivity index (χ4n) is 0.908. The Hall–Kier alpha value is -1.02. The first-order valence-corrected chi connectivity index (χ1v) is 4.21. The van der Waals surface area contributed by atoms with Gasteiger partial charge in [-0.3, -0.25) is 4.98 Å². The second kappa shape index (κ2) is 3.79. The van der Waals surface area contributed by atoms with Crippen LogP contribution in [0.15, 0.2) is 10.5 Å². The number of halogens is 3. The molecule has 68 valence electrons. The van der Waals surface area contributed by atoms with Gasteiger partial charge < -0.3 is 0 Å². The largest absolute Gasteiger partial charge is 0.281 e. The van der Waals surface area contributed by atoms with E-state index in [0.29, 0.717) is 5.69 Å². The van der Waals surface area contributed by atoms with Crippen molar-refractivity contribution in [1.82, 2.24) is 4.98 Å². The fourth-order valence-corrected chi connectivity index (χ4v) is 1.37. The topological polar surface area (TPSA) is 36.7 Å². The van der Waals surface area contributed by atoms with Crippen LogP contribution in [0.4, 0.5) is 8.78 Å². The van der Waals surface area contributed by atoms with Gasteiger partial charge in [-0.2, -0.15) is 5.26 Å². The molecule has 0 amide bonds. The van der Waals surface area contributed by atoms with Gasteiger partial charge in [0.15, 0.2) is 0 Å². The lowest BCUT2D eigenvalue weighted by Gasteiger charge is -2.04. The molecule has 1 aromatic heterocycles. The Labute approximate surface area is 82.3 Å². The summed E-state index contributed by atoms with van der Waals surface area (Å²) in [7, 11) is 0. The van der Waals surface area contributed by atoms with Crippen molar-refractivity contribution in [3.05, 3.63) is 27.5 Å². The number of pyridine rings is 1. The molecule has 0 unspecified atom stereocenters. The van der Waals surface area contributed by atoms with E-state index < -0.39 is 6.43 Å². The third-order valence-electron chi connectivity index (χ3n) is 1.44. The van der Waals surface area contributed by atoms with Crippen LogP contribution in [0.2, 0.25) is 0 Å². The van der Waals surface area contributed by atoms with Gasteiger partial charge in [-0.1, -0.05) is 0 Å². The lowest BCUT2D eigenvalue weighted by molar-refractivity contribution is 0.145. The number of alkyl halides is 2. The maximum Gasteiger partial charge on any atom is 0.281 e. The minimum Gasteiger partial charge on any atom is -0.251 e. The highest BCUT2D eigenvalue weighted by molar-refractivity contribution is 9.10. The van der Waals surface area contributed by atoms with Crippen molar-refractivity contribution in [2.75, 3.05) is 0 Å². The minimum atomic E-state index is -2.67. The minimum absolute atomic E-state index is 0.0793. The Morgan fingerprint density at radius 1 is 1.62 bits per heavy atom. The third kappa shape index (κ3) is 2.01. The van der Waals surface area contributed by atoms with Gasteiger partial charge in [-0.25, -0.2) is 8.78 Å². The summed E-state index contributed by atoms with van der Waals surface area (Å²) in [6.45, 7) is 1.57. The number of aryl methyl sites for hydroxylation is 1. The summed E-state index contributed by atoms with van der Waals surface area (Å²) < 4.78 is 24.7. The van der Waals surface area contributed by atoms with Crippen molar-refractivity contribution >= 4 is 15.9 Å². The average molecular weight is 247 g/mol. The summed E-state index contributed by atoms with van der Waals surface area (Å²) in [4.78, 5) is 3.63. The van der Waals surface area contributed by atoms with E-state index in [9.17, 15) is 8.78 Å². The van der Waals surface area contributed by atoms with E-state index in [0.717, 1.165) is 0 Å². The van der Waals surface area contributed by atoms with E-state index in [1.165, 1.54) is 6.07 Å². The molecule has 0 atom stereocenters. The van der Waals surface area contributed by atoms with E-state index >= 15 is 0 Å². The van der Waals surface area contributed by atoms with Gasteiger partial charge in [-0.15, -0.1) is 0 Å². The molecule has 0 aliphatic rings. The van der Waals surface area contributed by atoms with E-state index in [2.05, 4.69) is 20.9 Å². The van der Waals surface area contributed by atoms with Crippen LogP contribution in [0.5, 0.6) is 0 Å². The summed E-state index contributed by atoms with van der Waals surface area (Å²) in [6, 6.07) is 3.27. The molecule has 1 rings (SSSR count). The maximum absolute atomic E-state index is 12.3. The van der Waals surface area contributed by atoms with E-state index in [-0.39, 0.29) is 15.7 Å². The summed E-state index contributed by atoms with van der Waals surface area (Å²) in [6.07, 6.45) is -2.67. The van der Waals surface area contributed by atoms with Crippen LogP contribution in [0.3, 0.4) is 0 Å². The fraction of sp³-hybridized carbons (Fsp3) is 0.250. The summed E-state index contributed by atoms with van der Waals surface area (Å²) in [5.74, 6) is 0. The monoisotopic (exact) mass is 246 g/mol. The van der Waals surface area contributed by atoms with Crippen LogP contribution in [-0.2, 0) is 0 Å². The SMILES string of the molecule is Cc1cc(C#N)c(Br)c(C(F)F)n1.